The molecular weight excluding hydrogens is 444 g/mol. The van der Waals surface area contributed by atoms with Crippen LogP contribution in [-0.4, -0.2) is 58.6 Å². The zero-order chi connectivity index (χ0) is 24.9. The van der Waals surface area contributed by atoms with Crippen LogP contribution in [0.4, 0.5) is 4.79 Å². The van der Waals surface area contributed by atoms with Gasteiger partial charge in [-0.3, -0.25) is 4.79 Å². The predicted molar refractivity (Wildman–Crippen MR) is 133 cm³/mol. The molecule has 1 aromatic heterocycles. The standard InChI is InChI=1S/C27H38N4O4/c1-18-9-5-6-12-24(18)31-22(11-8-16-28-27(33)34-4)17-23(29-31)20(3)30(21-14-15-21)26(32)25-13-7-10-19(2)35-25/h5-6,9,12,17,19-21,25H,7-8,10-11,13-16H2,1-4H3,(H,28,33)/t19-,20-,25-/m1/s1. The van der Waals surface area contributed by atoms with Gasteiger partial charge in [0.2, 0.25) is 0 Å². The van der Waals surface area contributed by atoms with E-state index < -0.39 is 6.09 Å². The molecule has 8 nitrogen and oxygen atoms in total. The Labute approximate surface area is 208 Å². The van der Waals surface area contributed by atoms with E-state index in [2.05, 4.69) is 49.0 Å². The summed E-state index contributed by atoms with van der Waals surface area (Å²) in [5, 5.41) is 7.76. The van der Waals surface area contributed by atoms with Crippen LogP contribution in [0.5, 0.6) is 0 Å². The highest BCUT2D eigenvalue weighted by Crippen LogP contribution is 2.36. The van der Waals surface area contributed by atoms with Gasteiger partial charge in [0.05, 0.1) is 30.6 Å². The highest BCUT2D eigenvalue weighted by atomic mass is 16.5. The summed E-state index contributed by atoms with van der Waals surface area (Å²) in [7, 11) is 1.36. The fourth-order valence-electron chi connectivity index (χ4n) is 4.90. The first-order valence-corrected chi connectivity index (χ1v) is 12.8. The fourth-order valence-corrected chi connectivity index (χ4v) is 4.90. The predicted octanol–water partition coefficient (Wildman–Crippen LogP) is 4.48. The summed E-state index contributed by atoms with van der Waals surface area (Å²) in [6.45, 7) is 6.72. The van der Waals surface area contributed by atoms with E-state index >= 15 is 0 Å². The van der Waals surface area contributed by atoms with Crippen molar-refractivity contribution >= 4 is 12.0 Å². The van der Waals surface area contributed by atoms with Crippen molar-refractivity contribution in [1.29, 1.82) is 0 Å². The highest BCUT2D eigenvalue weighted by Gasteiger charge is 2.41. The number of rotatable bonds is 9. The van der Waals surface area contributed by atoms with Gasteiger partial charge >= 0.3 is 6.09 Å². The van der Waals surface area contributed by atoms with Crippen molar-refractivity contribution in [2.24, 2.45) is 0 Å². The van der Waals surface area contributed by atoms with Crippen molar-refractivity contribution in [2.45, 2.75) is 90.0 Å². The Kier molecular flexibility index (Phi) is 8.11. The number of ether oxygens (including phenoxy) is 2. The van der Waals surface area contributed by atoms with Gasteiger partial charge in [0.15, 0.2) is 0 Å². The molecule has 0 radical (unpaired) electrons. The molecule has 2 heterocycles. The molecule has 1 aliphatic carbocycles. The van der Waals surface area contributed by atoms with Gasteiger partial charge < -0.3 is 19.7 Å². The normalized spacial score (nSPS) is 20.8. The summed E-state index contributed by atoms with van der Waals surface area (Å²) in [6, 6.07) is 10.4. The van der Waals surface area contributed by atoms with Gasteiger partial charge in [-0.15, -0.1) is 0 Å². The number of alkyl carbamates (subject to hydrolysis) is 1. The molecule has 2 aromatic rings. The van der Waals surface area contributed by atoms with Crippen LogP contribution in [0.15, 0.2) is 30.3 Å². The summed E-state index contributed by atoms with van der Waals surface area (Å²) >= 11 is 0. The number of nitrogens with one attached hydrogen (secondary N) is 1. The Morgan fingerprint density at radius 1 is 1.26 bits per heavy atom. The largest absolute Gasteiger partial charge is 0.453 e. The van der Waals surface area contributed by atoms with E-state index in [4.69, 9.17) is 9.84 Å². The number of carbonyl (C=O) groups is 2. The number of para-hydroxylation sites is 1. The van der Waals surface area contributed by atoms with Crippen LogP contribution in [0.1, 0.15) is 75.4 Å². The minimum Gasteiger partial charge on any atom is -0.453 e. The van der Waals surface area contributed by atoms with Crippen molar-refractivity contribution < 1.29 is 19.1 Å². The lowest BCUT2D eigenvalue weighted by atomic mass is 10.0. The lowest BCUT2D eigenvalue weighted by Gasteiger charge is -2.35. The number of hydrogen-bond acceptors (Lipinski definition) is 5. The molecule has 8 heteroatoms. The minimum absolute atomic E-state index is 0.0980. The Morgan fingerprint density at radius 3 is 2.71 bits per heavy atom. The SMILES string of the molecule is COC(=O)NCCCc1cc([C@@H](C)N(C(=O)[C@H]2CCC[C@@H](C)O2)C2CC2)nn1-c1ccccc1C. The molecule has 0 bridgehead atoms. The summed E-state index contributed by atoms with van der Waals surface area (Å²) in [5.74, 6) is 0.0980. The molecule has 1 saturated carbocycles. The number of aromatic nitrogens is 2. The number of methoxy groups -OCH3 is 1. The average Bonchev–Trinajstić information content (AvgIpc) is 3.60. The van der Waals surface area contributed by atoms with Crippen molar-refractivity contribution in [3.63, 3.8) is 0 Å². The first kappa shape index (κ1) is 25.2. The van der Waals surface area contributed by atoms with Gasteiger partial charge in [-0.2, -0.15) is 5.10 Å². The molecule has 2 amide bonds. The van der Waals surface area contributed by atoms with E-state index in [1.54, 1.807) is 0 Å². The Bertz CT molecular complexity index is 1030. The highest BCUT2D eigenvalue weighted by molar-refractivity contribution is 5.82. The molecular formula is C27H38N4O4. The van der Waals surface area contributed by atoms with Crippen molar-refractivity contribution in [3.8, 4) is 5.69 Å². The van der Waals surface area contributed by atoms with Crippen molar-refractivity contribution in [1.82, 2.24) is 20.0 Å². The van der Waals surface area contributed by atoms with Gasteiger partial charge in [0, 0.05) is 18.3 Å². The second kappa shape index (κ2) is 11.2. The van der Waals surface area contributed by atoms with Crippen LogP contribution in [0, 0.1) is 6.92 Å². The van der Waals surface area contributed by atoms with Gasteiger partial charge in [-0.05, 0) is 83.4 Å². The number of benzene rings is 1. The number of nitrogens with zero attached hydrogens (tertiary/aromatic N) is 3. The molecule has 1 N–H and O–H groups in total. The first-order chi connectivity index (χ1) is 16.9. The third-order valence-corrected chi connectivity index (χ3v) is 7.00. The third-order valence-electron chi connectivity index (χ3n) is 7.00. The second-order valence-electron chi connectivity index (χ2n) is 9.80. The van der Waals surface area contributed by atoms with Gasteiger partial charge in [0.1, 0.15) is 6.10 Å². The van der Waals surface area contributed by atoms with E-state index in [-0.39, 0.29) is 30.2 Å². The summed E-state index contributed by atoms with van der Waals surface area (Å²) < 4.78 is 12.7. The molecule has 35 heavy (non-hydrogen) atoms. The molecule has 2 fully saturated rings. The quantitative estimate of drug-likeness (QED) is 0.533. The third kappa shape index (κ3) is 6.04. The molecule has 1 aromatic carbocycles. The van der Waals surface area contributed by atoms with Crippen LogP contribution in [0.25, 0.3) is 5.69 Å². The maximum Gasteiger partial charge on any atom is 0.406 e. The van der Waals surface area contributed by atoms with E-state index in [9.17, 15) is 9.59 Å². The fraction of sp³-hybridized carbons (Fsp3) is 0.593. The molecule has 1 aliphatic heterocycles. The maximum absolute atomic E-state index is 13.6. The average molecular weight is 483 g/mol. The maximum atomic E-state index is 13.6. The molecule has 1 saturated heterocycles. The number of amides is 2. The van der Waals surface area contributed by atoms with E-state index in [1.165, 1.54) is 7.11 Å². The van der Waals surface area contributed by atoms with Gasteiger partial charge in [0.25, 0.3) is 5.91 Å². The van der Waals surface area contributed by atoms with Crippen molar-refractivity contribution in [3.05, 3.63) is 47.3 Å². The smallest absolute Gasteiger partial charge is 0.406 e. The van der Waals surface area contributed by atoms with E-state index in [0.717, 1.165) is 67.6 Å². The van der Waals surface area contributed by atoms with Gasteiger partial charge in [-0.1, -0.05) is 18.2 Å². The zero-order valence-corrected chi connectivity index (χ0v) is 21.3. The summed E-state index contributed by atoms with van der Waals surface area (Å²) in [4.78, 5) is 27.0. The van der Waals surface area contributed by atoms with Crippen LogP contribution >= 0.6 is 0 Å². The Balaban J connectivity index is 1.58. The number of aryl methyl sites for hydroxylation is 2. The molecule has 190 valence electrons. The molecule has 3 atom stereocenters. The minimum atomic E-state index is -0.426. The topological polar surface area (TPSA) is 85.7 Å². The number of hydrogen-bond donors (Lipinski definition) is 1. The molecule has 2 aliphatic rings. The molecule has 0 spiro atoms. The van der Waals surface area contributed by atoms with E-state index in [0.29, 0.717) is 6.54 Å². The number of carbonyl (C=O) groups excluding carboxylic acids is 2. The Morgan fingerprint density at radius 2 is 2.03 bits per heavy atom. The van der Waals surface area contributed by atoms with Crippen LogP contribution < -0.4 is 5.32 Å². The van der Waals surface area contributed by atoms with Gasteiger partial charge in [-0.25, -0.2) is 9.48 Å². The first-order valence-electron chi connectivity index (χ1n) is 12.8. The second-order valence-corrected chi connectivity index (χ2v) is 9.80. The lowest BCUT2D eigenvalue weighted by Crippen LogP contribution is -2.45. The molecule has 4 rings (SSSR count). The summed E-state index contributed by atoms with van der Waals surface area (Å²) in [5.41, 5.74) is 4.09. The zero-order valence-electron chi connectivity index (χ0n) is 21.3. The van der Waals surface area contributed by atoms with Crippen molar-refractivity contribution in [2.75, 3.05) is 13.7 Å². The molecule has 0 unspecified atom stereocenters. The lowest BCUT2D eigenvalue weighted by molar-refractivity contribution is -0.154. The summed E-state index contributed by atoms with van der Waals surface area (Å²) in [6.07, 6.45) is 5.71. The Hall–Kier alpha value is -2.87. The monoisotopic (exact) mass is 482 g/mol. The van der Waals surface area contributed by atoms with Crippen LogP contribution in [0.3, 0.4) is 0 Å². The van der Waals surface area contributed by atoms with Crippen LogP contribution in [0.2, 0.25) is 0 Å². The van der Waals surface area contributed by atoms with E-state index in [1.807, 2.05) is 21.7 Å². The van der Waals surface area contributed by atoms with Crippen LogP contribution in [-0.2, 0) is 20.7 Å².